The Morgan fingerprint density at radius 2 is 1.90 bits per heavy atom. The zero-order valence-corrected chi connectivity index (χ0v) is 18.5. The Labute approximate surface area is 183 Å². The van der Waals surface area contributed by atoms with Gasteiger partial charge in [0.2, 0.25) is 0 Å². The summed E-state index contributed by atoms with van der Waals surface area (Å²) in [5, 5.41) is 6.03. The number of nitrogen functional groups attached to an aromatic ring is 1. The van der Waals surface area contributed by atoms with Crippen molar-refractivity contribution >= 4 is 17.2 Å². The van der Waals surface area contributed by atoms with Crippen LogP contribution in [-0.4, -0.2) is 48.1 Å². The van der Waals surface area contributed by atoms with E-state index in [1.54, 1.807) is 6.33 Å². The minimum atomic E-state index is -0.165. The van der Waals surface area contributed by atoms with Gasteiger partial charge in [0, 0.05) is 37.1 Å². The van der Waals surface area contributed by atoms with Crippen LogP contribution in [-0.2, 0) is 16.6 Å². The van der Waals surface area contributed by atoms with Crippen molar-refractivity contribution in [2.75, 3.05) is 36.9 Å². The van der Waals surface area contributed by atoms with Crippen molar-refractivity contribution in [1.29, 1.82) is 0 Å². The van der Waals surface area contributed by atoms with Crippen molar-refractivity contribution in [3.63, 3.8) is 0 Å². The van der Waals surface area contributed by atoms with E-state index in [4.69, 9.17) is 20.6 Å². The lowest BCUT2D eigenvalue weighted by atomic mass is 9.71. The van der Waals surface area contributed by atoms with E-state index in [1.807, 2.05) is 0 Å². The van der Waals surface area contributed by atoms with Gasteiger partial charge in [-0.15, -0.1) is 0 Å². The molecule has 1 saturated heterocycles. The fourth-order valence-corrected chi connectivity index (χ4v) is 5.30. The van der Waals surface area contributed by atoms with Crippen LogP contribution in [0.2, 0.25) is 0 Å². The van der Waals surface area contributed by atoms with Crippen LogP contribution < -0.4 is 20.8 Å². The number of rotatable bonds is 3. The second kappa shape index (κ2) is 7.79. The standard InChI is InChI=1S/C24H31N5O2/c1-24(2)13-18-17(21-20(24)23(26)28-14-27-21)7-8-19(22(18)29-9-11-30-12-10-29)31-16-5-3-15(25)4-6-16/h7-8,14,16,25H,3-6,9-13H2,1-2H3,(H2,26,27,28)/p+1. The molecule has 1 saturated carbocycles. The fourth-order valence-electron chi connectivity index (χ4n) is 5.30. The highest BCUT2D eigenvalue weighted by Crippen LogP contribution is 2.49. The van der Waals surface area contributed by atoms with Crippen LogP contribution in [0.25, 0.3) is 11.3 Å². The highest BCUT2D eigenvalue weighted by molar-refractivity contribution is 5.83. The molecule has 164 valence electrons. The summed E-state index contributed by atoms with van der Waals surface area (Å²) < 4.78 is 12.3. The second-order valence-corrected chi connectivity index (χ2v) is 9.56. The van der Waals surface area contributed by atoms with E-state index >= 15 is 0 Å². The van der Waals surface area contributed by atoms with Crippen molar-refractivity contribution in [2.24, 2.45) is 0 Å². The molecular weight excluding hydrogens is 390 g/mol. The van der Waals surface area contributed by atoms with E-state index in [0.29, 0.717) is 5.82 Å². The SMILES string of the molecule is CC1(C)Cc2c(ccc(OC3CCC(=[NH2+])CC3)c2N2CCOCC2)-c2ncnc(N)c21. The molecule has 2 aliphatic carbocycles. The summed E-state index contributed by atoms with van der Waals surface area (Å²) in [5.74, 6) is 1.54. The van der Waals surface area contributed by atoms with Crippen molar-refractivity contribution < 1.29 is 14.9 Å². The number of morpholine rings is 1. The number of benzene rings is 1. The lowest BCUT2D eigenvalue weighted by molar-refractivity contribution is -0.121. The normalized spacial score (nSPS) is 20.8. The fraction of sp³-hybridized carbons (Fsp3) is 0.542. The van der Waals surface area contributed by atoms with Crippen LogP contribution in [0.5, 0.6) is 5.75 Å². The molecule has 1 aromatic heterocycles. The number of nitrogens with zero attached hydrogens (tertiary/aromatic N) is 3. The quantitative estimate of drug-likeness (QED) is 0.784. The van der Waals surface area contributed by atoms with Gasteiger partial charge in [0.25, 0.3) is 0 Å². The van der Waals surface area contributed by atoms with E-state index in [9.17, 15) is 0 Å². The molecule has 7 heteroatoms. The lowest BCUT2D eigenvalue weighted by Gasteiger charge is -2.39. The molecule has 0 bridgehead atoms. The summed E-state index contributed by atoms with van der Waals surface area (Å²) in [6.45, 7) is 7.63. The number of nitrogens with two attached hydrogens (primary N) is 2. The number of aromatic nitrogens is 2. The minimum Gasteiger partial charge on any atom is -0.488 e. The molecule has 7 nitrogen and oxygen atoms in total. The Morgan fingerprint density at radius 3 is 2.65 bits per heavy atom. The summed E-state index contributed by atoms with van der Waals surface area (Å²) in [6.07, 6.45) is 6.47. The van der Waals surface area contributed by atoms with Crippen molar-refractivity contribution in [1.82, 2.24) is 9.97 Å². The van der Waals surface area contributed by atoms with Gasteiger partial charge in [-0.3, -0.25) is 5.41 Å². The Bertz CT molecular complexity index is 1000. The molecule has 1 aliphatic heterocycles. The average molecular weight is 423 g/mol. The van der Waals surface area contributed by atoms with Crippen LogP contribution >= 0.6 is 0 Å². The Hall–Kier alpha value is -2.67. The molecular formula is C24H32N5O2+. The average Bonchev–Trinajstić information content (AvgIpc) is 2.75. The van der Waals surface area contributed by atoms with E-state index < -0.39 is 0 Å². The highest BCUT2D eigenvalue weighted by atomic mass is 16.5. The topological polar surface area (TPSA) is 99.1 Å². The molecule has 1 aromatic carbocycles. The molecule has 2 heterocycles. The van der Waals surface area contributed by atoms with Gasteiger partial charge in [0.1, 0.15) is 23.6 Å². The molecule has 0 radical (unpaired) electrons. The summed E-state index contributed by atoms with van der Waals surface area (Å²) in [6, 6.07) is 4.27. The molecule has 0 atom stereocenters. The Kier molecular flexibility index (Phi) is 5.08. The monoisotopic (exact) mass is 422 g/mol. The van der Waals surface area contributed by atoms with Gasteiger partial charge >= 0.3 is 0 Å². The van der Waals surface area contributed by atoms with Crippen molar-refractivity contribution in [2.45, 2.75) is 57.5 Å². The van der Waals surface area contributed by atoms with Gasteiger partial charge in [-0.2, -0.15) is 0 Å². The molecule has 0 amide bonds. The molecule has 0 unspecified atom stereocenters. The molecule has 4 N–H and O–H groups in total. The molecule has 2 aromatic rings. The zero-order chi connectivity index (χ0) is 21.6. The van der Waals surface area contributed by atoms with Crippen LogP contribution in [0.1, 0.15) is 50.7 Å². The van der Waals surface area contributed by atoms with Crippen LogP contribution in [0.15, 0.2) is 18.5 Å². The van der Waals surface area contributed by atoms with Gasteiger partial charge in [-0.25, -0.2) is 9.97 Å². The summed E-state index contributed by atoms with van der Waals surface area (Å²) in [5.41, 5.74) is 12.8. The number of hydrogen-bond acceptors (Lipinski definition) is 6. The van der Waals surface area contributed by atoms with Gasteiger partial charge in [-0.1, -0.05) is 13.8 Å². The Morgan fingerprint density at radius 1 is 1.16 bits per heavy atom. The minimum absolute atomic E-state index is 0.165. The van der Waals surface area contributed by atoms with Gasteiger partial charge < -0.3 is 20.1 Å². The number of ether oxygens (including phenoxy) is 2. The van der Waals surface area contributed by atoms with Crippen molar-refractivity contribution in [3.05, 3.63) is 29.6 Å². The number of fused-ring (bicyclic) bond motifs is 3. The predicted molar refractivity (Wildman–Crippen MR) is 121 cm³/mol. The molecule has 2 fully saturated rings. The summed E-state index contributed by atoms with van der Waals surface area (Å²) in [4.78, 5) is 11.4. The first kappa shape index (κ1) is 20.2. The van der Waals surface area contributed by atoms with E-state index in [2.05, 4.69) is 40.8 Å². The zero-order valence-electron chi connectivity index (χ0n) is 18.5. The van der Waals surface area contributed by atoms with Crippen LogP contribution in [0, 0.1) is 0 Å². The van der Waals surface area contributed by atoms with Gasteiger partial charge in [0.15, 0.2) is 0 Å². The van der Waals surface area contributed by atoms with Gasteiger partial charge in [-0.05, 0) is 42.4 Å². The third-order valence-corrected chi connectivity index (χ3v) is 6.87. The molecule has 0 spiro atoms. The summed E-state index contributed by atoms with van der Waals surface area (Å²) >= 11 is 0. The smallest absolute Gasteiger partial charge is 0.149 e. The third-order valence-electron chi connectivity index (χ3n) is 6.87. The molecule has 5 rings (SSSR count). The van der Waals surface area contributed by atoms with E-state index in [-0.39, 0.29) is 11.5 Å². The number of hydrogen-bond donors (Lipinski definition) is 2. The summed E-state index contributed by atoms with van der Waals surface area (Å²) in [7, 11) is 0. The maximum Gasteiger partial charge on any atom is 0.149 e. The lowest BCUT2D eigenvalue weighted by Crippen LogP contribution is -2.43. The van der Waals surface area contributed by atoms with Crippen molar-refractivity contribution in [3.8, 4) is 17.0 Å². The molecule has 31 heavy (non-hydrogen) atoms. The van der Waals surface area contributed by atoms with Crippen LogP contribution in [0.4, 0.5) is 11.5 Å². The first-order valence-electron chi connectivity index (χ1n) is 11.3. The molecule has 3 aliphatic rings. The Balaban J connectivity index is 1.62. The van der Waals surface area contributed by atoms with E-state index in [0.717, 1.165) is 86.7 Å². The van der Waals surface area contributed by atoms with E-state index in [1.165, 1.54) is 11.3 Å². The number of anilines is 2. The highest BCUT2D eigenvalue weighted by Gasteiger charge is 2.38. The predicted octanol–water partition coefficient (Wildman–Crippen LogP) is 1.92. The first-order chi connectivity index (χ1) is 14.9. The largest absolute Gasteiger partial charge is 0.488 e. The van der Waals surface area contributed by atoms with Gasteiger partial charge in [0.05, 0.1) is 30.7 Å². The second-order valence-electron chi connectivity index (χ2n) is 9.56. The van der Waals surface area contributed by atoms with Crippen LogP contribution in [0.3, 0.4) is 0 Å². The first-order valence-corrected chi connectivity index (χ1v) is 11.3. The maximum atomic E-state index is 6.63. The maximum absolute atomic E-state index is 6.63. The third kappa shape index (κ3) is 3.65.